The van der Waals surface area contributed by atoms with Crippen LogP contribution in [0, 0.1) is 0 Å². The van der Waals surface area contributed by atoms with Crippen molar-refractivity contribution in [2.75, 3.05) is 18.8 Å². The Morgan fingerprint density at radius 1 is 1.47 bits per heavy atom. The molecule has 6 heteroatoms. The number of hydrogen-bond acceptors (Lipinski definition) is 4. The van der Waals surface area contributed by atoms with E-state index in [1.807, 2.05) is 26.8 Å². The molecule has 0 aliphatic carbocycles. The van der Waals surface area contributed by atoms with Crippen molar-refractivity contribution in [2.24, 2.45) is 0 Å². The van der Waals surface area contributed by atoms with Gasteiger partial charge in [0.25, 0.3) is 0 Å². The lowest BCUT2D eigenvalue weighted by atomic mass is 10.2. The number of rotatable bonds is 4. The van der Waals surface area contributed by atoms with Gasteiger partial charge in [0.1, 0.15) is 11.6 Å². The van der Waals surface area contributed by atoms with Gasteiger partial charge < -0.3 is 10.6 Å². The van der Waals surface area contributed by atoms with Crippen molar-refractivity contribution in [3.8, 4) is 0 Å². The predicted molar refractivity (Wildman–Crippen MR) is 74.6 cm³/mol. The van der Waals surface area contributed by atoms with E-state index >= 15 is 0 Å². The molecule has 0 radical (unpaired) electrons. The van der Waals surface area contributed by atoms with Gasteiger partial charge in [-0.2, -0.15) is 0 Å². The van der Waals surface area contributed by atoms with Crippen LogP contribution >= 0.6 is 0 Å². The molecule has 0 aromatic carbocycles. The lowest BCUT2D eigenvalue weighted by molar-refractivity contribution is -0.133. The first-order valence-electron chi connectivity index (χ1n) is 6.46. The van der Waals surface area contributed by atoms with Crippen LogP contribution in [-0.4, -0.2) is 38.4 Å². The molecule has 1 atom stereocenters. The summed E-state index contributed by atoms with van der Waals surface area (Å²) in [4.78, 5) is 22.4. The molecule has 2 rings (SSSR count). The number of nitrogens with two attached hydrogens (primary N) is 1. The summed E-state index contributed by atoms with van der Waals surface area (Å²) in [5, 5.41) is 0. The van der Waals surface area contributed by atoms with E-state index in [9.17, 15) is 4.79 Å². The maximum Gasteiger partial charge on any atom is 0.245 e. The van der Waals surface area contributed by atoms with Crippen LogP contribution in [-0.2, 0) is 4.79 Å². The number of pyridine rings is 1. The van der Waals surface area contributed by atoms with Gasteiger partial charge >= 0.3 is 0 Å². The van der Waals surface area contributed by atoms with Gasteiger partial charge in [0.2, 0.25) is 11.9 Å². The second-order valence-corrected chi connectivity index (χ2v) is 4.39. The quantitative estimate of drug-likeness (QED) is 0.903. The minimum Gasteiger partial charge on any atom is -0.369 e. The minimum atomic E-state index is -0.368. The molecular formula is C13H19N5O. The first-order chi connectivity index (χ1) is 9.10. The van der Waals surface area contributed by atoms with Gasteiger partial charge in [-0.05, 0) is 26.8 Å². The summed E-state index contributed by atoms with van der Waals surface area (Å²) < 4.78 is 1.76. The SMILES string of the molecule is CCN(CC)C(=O)C(C)n1c(N)nc2cnccc21. The normalized spacial score (nSPS) is 12.6. The van der Waals surface area contributed by atoms with Crippen molar-refractivity contribution in [3.63, 3.8) is 0 Å². The summed E-state index contributed by atoms with van der Waals surface area (Å²) in [7, 11) is 0. The van der Waals surface area contributed by atoms with E-state index < -0.39 is 0 Å². The number of imidazole rings is 1. The Balaban J connectivity index is 2.43. The molecule has 102 valence electrons. The molecule has 0 bridgehead atoms. The van der Waals surface area contributed by atoms with Gasteiger partial charge in [0.15, 0.2) is 0 Å². The van der Waals surface area contributed by atoms with Crippen molar-refractivity contribution in [2.45, 2.75) is 26.8 Å². The molecular weight excluding hydrogens is 242 g/mol. The smallest absolute Gasteiger partial charge is 0.245 e. The van der Waals surface area contributed by atoms with Crippen LogP contribution in [0.3, 0.4) is 0 Å². The van der Waals surface area contributed by atoms with Gasteiger partial charge in [-0.15, -0.1) is 0 Å². The Morgan fingerprint density at radius 2 is 2.16 bits per heavy atom. The number of likely N-dealkylation sites (N-methyl/N-ethyl adjacent to an activating group) is 1. The van der Waals surface area contributed by atoms with Gasteiger partial charge in [-0.1, -0.05) is 0 Å². The lowest BCUT2D eigenvalue weighted by Crippen LogP contribution is -2.36. The highest BCUT2D eigenvalue weighted by Crippen LogP contribution is 2.23. The molecule has 0 spiro atoms. The molecule has 6 nitrogen and oxygen atoms in total. The van der Waals surface area contributed by atoms with E-state index in [0.717, 1.165) is 5.52 Å². The highest BCUT2D eigenvalue weighted by atomic mass is 16.2. The van der Waals surface area contributed by atoms with Crippen LogP contribution < -0.4 is 5.73 Å². The molecule has 0 fully saturated rings. The molecule has 2 heterocycles. The van der Waals surface area contributed by atoms with Crippen molar-refractivity contribution < 1.29 is 4.79 Å². The lowest BCUT2D eigenvalue weighted by Gasteiger charge is -2.24. The fourth-order valence-electron chi connectivity index (χ4n) is 2.29. The number of aromatic nitrogens is 3. The maximum atomic E-state index is 12.4. The summed E-state index contributed by atoms with van der Waals surface area (Å²) in [6, 6.07) is 1.46. The monoisotopic (exact) mass is 261 g/mol. The summed E-state index contributed by atoms with van der Waals surface area (Å²) in [5.74, 6) is 0.392. The number of anilines is 1. The molecule has 2 aromatic rings. The summed E-state index contributed by atoms with van der Waals surface area (Å²) in [5.41, 5.74) is 7.47. The largest absolute Gasteiger partial charge is 0.369 e. The number of nitrogens with zero attached hydrogens (tertiary/aromatic N) is 4. The van der Waals surface area contributed by atoms with Crippen LogP contribution in [0.2, 0.25) is 0 Å². The first kappa shape index (κ1) is 13.3. The number of carbonyl (C=O) groups excluding carboxylic acids is 1. The summed E-state index contributed by atoms with van der Waals surface area (Å²) in [6.07, 6.45) is 3.32. The van der Waals surface area contributed by atoms with Crippen LogP contribution in [0.1, 0.15) is 26.8 Å². The standard InChI is InChI=1S/C13H19N5O/c1-4-17(5-2)12(19)9(3)18-11-6-7-15-8-10(11)16-13(18)14/h6-9H,4-5H2,1-3H3,(H2,14,16). The summed E-state index contributed by atoms with van der Waals surface area (Å²) in [6.45, 7) is 7.15. The van der Waals surface area contributed by atoms with Gasteiger partial charge in [0, 0.05) is 19.3 Å². The highest BCUT2D eigenvalue weighted by molar-refractivity contribution is 5.85. The van der Waals surface area contributed by atoms with Crippen molar-refractivity contribution >= 4 is 22.9 Å². The van der Waals surface area contributed by atoms with Crippen molar-refractivity contribution in [1.29, 1.82) is 0 Å². The van der Waals surface area contributed by atoms with Crippen molar-refractivity contribution in [1.82, 2.24) is 19.4 Å². The van der Waals surface area contributed by atoms with Crippen LogP contribution in [0.4, 0.5) is 5.95 Å². The zero-order valence-corrected chi connectivity index (χ0v) is 11.5. The number of fused-ring (bicyclic) bond motifs is 1. The fourth-order valence-corrected chi connectivity index (χ4v) is 2.29. The Bertz CT molecular complexity index is 588. The zero-order valence-electron chi connectivity index (χ0n) is 11.5. The van der Waals surface area contributed by atoms with Crippen LogP contribution in [0.15, 0.2) is 18.5 Å². The highest BCUT2D eigenvalue weighted by Gasteiger charge is 2.23. The average Bonchev–Trinajstić information content (AvgIpc) is 2.75. The van der Waals surface area contributed by atoms with E-state index in [0.29, 0.717) is 24.6 Å². The molecule has 19 heavy (non-hydrogen) atoms. The van der Waals surface area contributed by atoms with Crippen molar-refractivity contribution in [3.05, 3.63) is 18.5 Å². The Kier molecular flexibility index (Phi) is 3.69. The van der Waals surface area contributed by atoms with E-state index in [4.69, 9.17) is 5.73 Å². The minimum absolute atomic E-state index is 0.0489. The molecule has 2 aromatic heterocycles. The van der Waals surface area contributed by atoms with E-state index in [1.54, 1.807) is 21.9 Å². The number of carbonyl (C=O) groups is 1. The maximum absolute atomic E-state index is 12.4. The third-order valence-electron chi connectivity index (χ3n) is 3.34. The Labute approximate surface area is 112 Å². The summed E-state index contributed by atoms with van der Waals surface area (Å²) >= 11 is 0. The second kappa shape index (κ2) is 5.26. The third kappa shape index (κ3) is 2.25. The fraction of sp³-hybridized carbons (Fsp3) is 0.462. The zero-order chi connectivity index (χ0) is 14.0. The topological polar surface area (TPSA) is 77.0 Å². The molecule has 0 aliphatic rings. The van der Waals surface area contributed by atoms with E-state index in [1.165, 1.54) is 0 Å². The number of nitrogen functional groups attached to an aromatic ring is 1. The third-order valence-corrected chi connectivity index (χ3v) is 3.34. The molecule has 1 amide bonds. The van der Waals surface area contributed by atoms with Gasteiger partial charge in [-0.3, -0.25) is 14.3 Å². The van der Waals surface area contributed by atoms with Crippen LogP contribution in [0.25, 0.3) is 11.0 Å². The van der Waals surface area contributed by atoms with Gasteiger partial charge in [-0.25, -0.2) is 4.98 Å². The molecule has 0 aliphatic heterocycles. The molecule has 1 unspecified atom stereocenters. The molecule has 0 saturated carbocycles. The molecule has 2 N–H and O–H groups in total. The Hall–Kier alpha value is -2.11. The molecule has 0 saturated heterocycles. The van der Waals surface area contributed by atoms with Gasteiger partial charge in [0.05, 0.1) is 11.7 Å². The van der Waals surface area contributed by atoms with E-state index in [2.05, 4.69) is 9.97 Å². The van der Waals surface area contributed by atoms with E-state index in [-0.39, 0.29) is 11.9 Å². The Morgan fingerprint density at radius 3 is 2.79 bits per heavy atom. The van der Waals surface area contributed by atoms with Crippen LogP contribution in [0.5, 0.6) is 0 Å². The number of hydrogen-bond donors (Lipinski definition) is 1. The first-order valence-corrected chi connectivity index (χ1v) is 6.46. The number of amides is 1. The predicted octanol–water partition coefficient (Wildman–Crippen LogP) is 1.44. The second-order valence-electron chi connectivity index (χ2n) is 4.39. The average molecular weight is 261 g/mol.